The topological polar surface area (TPSA) is 70.7 Å². The summed E-state index contributed by atoms with van der Waals surface area (Å²) >= 11 is 0. The van der Waals surface area contributed by atoms with Gasteiger partial charge in [-0.25, -0.2) is 0 Å². The summed E-state index contributed by atoms with van der Waals surface area (Å²) < 4.78 is 5.29. The summed E-state index contributed by atoms with van der Waals surface area (Å²) in [5, 5.41) is 5.48. The molecule has 1 saturated heterocycles. The Labute approximate surface area is 137 Å². The molecule has 2 N–H and O–H groups in total. The molecule has 1 fully saturated rings. The summed E-state index contributed by atoms with van der Waals surface area (Å²) in [6, 6.07) is 7.33. The van der Waals surface area contributed by atoms with Crippen LogP contribution in [-0.2, 0) is 9.53 Å². The second-order valence-electron chi connectivity index (χ2n) is 5.66. The van der Waals surface area contributed by atoms with Gasteiger partial charge in [0.25, 0.3) is 5.91 Å². The smallest absolute Gasteiger partial charge is 0.251 e. The number of aryl methyl sites for hydroxylation is 1. The molecule has 0 atom stereocenters. The van der Waals surface area contributed by atoms with E-state index in [0.29, 0.717) is 12.1 Å². The number of hydrogen-bond donors (Lipinski definition) is 2. The number of benzene rings is 1. The Morgan fingerprint density at radius 3 is 2.65 bits per heavy atom. The van der Waals surface area contributed by atoms with Crippen molar-refractivity contribution in [2.24, 2.45) is 0 Å². The average Bonchev–Trinajstić information content (AvgIpc) is 2.58. The molecule has 1 aromatic carbocycles. The Balaban J connectivity index is 1.59. The van der Waals surface area contributed by atoms with E-state index in [1.54, 1.807) is 6.07 Å². The van der Waals surface area contributed by atoms with Crippen molar-refractivity contribution in [3.05, 3.63) is 35.4 Å². The van der Waals surface area contributed by atoms with Crippen molar-refractivity contribution in [3.63, 3.8) is 0 Å². The molecule has 0 unspecified atom stereocenters. The summed E-state index contributed by atoms with van der Waals surface area (Å²) in [6.45, 7) is 6.95. The summed E-state index contributed by atoms with van der Waals surface area (Å²) in [6.07, 6.45) is 0.900. The lowest BCUT2D eigenvalue weighted by atomic mass is 10.1. The number of nitrogens with zero attached hydrogens (tertiary/aromatic N) is 1. The molecule has 0 radical (unpaired) electrons. The normalized spacial score (nSPS) is 15.2. The number of rotatable bonds is 7. The molecular formula is C17H25N3O3. The largest absolute Gasteiger partial charge is 0.379 e. The summed E-state index contributed by atoms with van der Waals surface area (Å²) in [7, 11) is 0. The van der Waals surface area contributed by atoms with Gasteiger partial charge in [0.1, 0.15) is 0 Å². The highest BCUT2D eigenvalue weighted by atomic mass is 16.5. The van der Waals surface area contributed by atoms with Gasteiger partial charge in [0, 0.05) is 25.2 Å². The van der Waals surface area contributed by atoms with Crippen LogP contribution in [-0.4, -0.2) is 62.7 Å². The van der Waals surface area contributed by atoms with Crippen LogP contribution in [0.5, 0.6) is 0 Å². The molecule has 1 heterocycles. The predicted molar refractivity (Wildman–Crippen MR) is 88.4 cm³/mol. The van der Waals surface area contributed by atoms with Crippen molar-refractivity contribution < 1.29 is 14.3 Å². The van der Waals surface area contributed by atoms with Gasteiger partial charge in [-0.3, -0.25) is 14.5 Å². The molecule has 1 aliphatic rings. The van der Waals surface area contributed by atoms with Crippen molar-refractivity contribution in [1.82, 2.24) is 15.5 Å². The van der Waals surface area contributed by atoms with E-state index in [-0.39, 0.29) is 18.4 Å². The first-order valence-corrected chi connectivity index (χ1v) is 8.07. The third-order valence-electron chi connectivity index (χ3n) is 3.88. The van der Waals surface area contributed by atoms with E-state index in [4.69, 9.17) is 4.74 Å². The number of carbonyl (C=O) groups is 2. The Morgan fingerprint density at radius 1 is 1.17 bits per heavy atom. The maximum atomic E-state index is 12.0. The molecule has 1 aromatic rings. The molecule has 23 heavy (non-hydrogen) atoms. The fraction of sp³-hybridized carbons (Fsp3) is 0.529. The number of amides is 2. The minimum absolute atomic E-state index is 0.00468. The van der Waals surface area contributed by atoms with Crippen LogP contribution in [0.3, 0.4) is 0 Å². The lowest BCUT2D eigenvalue weighted by Gasteiger charge is -2.26. The molecule has 6 heteroatoms. The number of ether oxygens (including phenoxy) is 1. The minimum Gasteiger partial charge on any atom is -0.379 e. The molecule has 0 aliphatic carbocycles. The Bertz CT molecular complexity index is 528. The van der Waals surface area contributed by atoms with E-state index in [1.165, 1.54) is 0 Å². The molecule has 0 aromatic heterocycles. The van der Waals surface area contributed by atoms with Crippen LogP contribution >= 0.6 is 0 Å². The van der Waals surface area contributed by atoms with Gasteiger partial charge in [-0.15, -0.1) is 0 Å². The molecule has 2 rings (SSSR count). The van der Waals surface area contributed by atoms with Crippen molar-refractivity contribution in [2.75, 3.05) is 45.9 Å². The minimum atomic E-state index is -0.216. The van der Waals surface area contributed by atoms with Crippen molar-refractivity contribution in [1.29, 1.82) is 0 Å². The second kappa shape index (κ2) is 9.27. The standard InChI is InChI=1S/C17H25N3O3/c1-14-5-2-3-6-15(14)17(22)19-13-16(21)18-7-4-8-20-9-11-23-12-10-20/h2-3,5-6H,4,7-13H2,1H3,(H,18,21)(H,19,22). The van der Waals surface area contributed by atoms with Crippen LogP contribution in [0.15, 0.2) is 24.3 Å². The fourth-order valence-corrected chi connectivity index (χ4v) is 2.50. The predicted octanol–water partition coefficient (Wildman–Crippen LogP) is 0.563. The van der Waals surface area contributed by atoms with Gasteiger partial charge in [0.05, 0.1) is 19.8 Å². The number of hydrogen-bond acceptors (Lipinski definition) is 4. The van der Waals surface area contributed by atoms with E-state index in [2.05, 4.69) is 15.5 Å². The fourth-order valence-electron chi connectivity index (χ4n) is 2.50. The van der Waals surface area contributed by atoms with E-state index in [1.807, 2.05) is 25.1 Å². The molecule has 1 aliphatic heterocycles. The maximum absolute atomic E-state index is 12.0. The van der Waals surface area contributed by atoms with Crippen molar-refractivity contribution >= 4 is 11.8 Å². The van der Waals surface area contributed by atoms with Crippen LogP contribution < -0.4 is 10.6 Å². The summed E-state index contributed by atoms with van der Waals surface area (Å²) in [5.41, 5.74) is 1.50. The van der Waals surface area contributed by atoms with E-state index >= 15 is 0 Å². The summed E-state index contributed by atoms with van der Waals surface area (Å²) in [4.78, 5) is 26.1. The van der Waals surface area contributed by atoms with Gasteiger partial charge < -0.3 is 15.4 Å². The SMILES string of the molecule is Cc1ccccc1C(=O)NCC(=O)NCCCN1CCOCC1. The zero-order valence-electron chi connectivity index (χ0n) is 13.6. The Morgan fingerprint density at radius 2 is 1.91 bits per heavy atom. The highest BCUT2D eigenvalue weighted by Crippen LogP contribution is 2.06. The molecule has 0 saturated carbocycles. The zero-order valence-corrected chi connectivity index (χ0v) is 13.6. The maximum Gasteiger partial charge on any atom is 0.251 e. The lowest BCUT2D eigenvalue weighted by Crippen LogP contribution is -2.40. The third-order valence-corrected chi connectivity index (χ3v) is 3.88. The Hall–Kier alpha value is -1.92. The van der Waals surface area contributed by atoms with Crippen LogP contribution in [0.2, 0.25) is 0 Å². The van der Waals surface area contributed by atoms with Crippen LogP contribution in [0.1, 0.15) is 22.3 Å². The Kier molecular flexibility index (Phi) is 7.03. The van der Waals surface area contributed by atoms with Crippen LogP contribution in [0.4, 0.5) is 0 Å². The van der Waals surface area contributed by atoms with Gasteiger partial charge in [-0.05, 0) is 31.5 Å². The van der Waals surface area contributed by atoms with Gasteiger partial charge >= 0.3 is 0 Å². The highest BCUT2D eigenvalue weighted by molar-refractivity contribution is 5.97. The highest BCUT2D eigenvalue weighted by Gasteiger charge is 2.11. The average molecular weight is 319 g/mol. The monoisotopic (exact) mass is 319 g/mol. The number of nitrogens with one attached hydrogen (secondary N) is 2. The van der Waals surface area contributed by atoms with Gasteiger partial charge in [-0.1, -0.05) is 18.2 Å². The molecule has 0 spiro atoms. The first-order valence-electron chi connectivity index (χ1n) is 8.07. The molecular weight excluding hydrogens is 294 g/mol. The second-order valence-corrected chi connectivity index (χ2v) is 5.66. The van der Waals surface area contributed by atoms with E-state index < -0.39 is 0 Å². The van der Waals surface area contributed by atoms with Crippen molar-refractivity contribution in [3.8, 4) is 0 Å². The molecule has 6 nitrogen and oxygen atoms in total. The zero-order chi connectivity index (χ0) is 16.5. The quantitative estimate of drug-likeness (QED) is 0.721. The van der Waals surface area contributed by atoms with Crippen LogP contribution in [0, 0.1) is 6.92 Å². The molecule has 0 bridgehead atoms. The third kappa shape index (κ3) is 6.00. The lowest BCUT2D eigenvalue weighted by molar-refractivity contribution is -0.120. The first-order chi connectivity index (χ1) is 11.2. The van der Waals surface area contributed by atoms with Crippen molar-refractivity contribution in [2.45, 2.75) is 13.3 Å². The summed E-state index contributed by atoms with van der Waals surface area (Å²) in [5.74, 6) is -0.375. The van der Waals surface area contributed by atoms with E-state index in [0.717, 1.165) is 44.8 Å². The molecule has 126 valence electrons. The van der Waals surface area contributed by atoms with Gasteiger partial charge in [0.2, 0.25) is 5.91 Å². The van der Waals surface area contributed by atoms with Crippen LogP contribution in [0.25, 0.3) is 0 Å². The number of morpholine rings is 1. The molecule has 2 amide bonds. The van der Waals surface area contributed by atoms with Gasteiger partial charge in [-0.2, -0.15) is 0 Å². The number of carbonyl (C=O) groups excluding carboxylic acids is 2. The first kappa shape index (κ1) is 17.4. The van der Waals surface area contributed by atoms with Gasteiger partial charge in [0.15, 0.2) is 0 Å². The van der Waals surface area contributed by atoms with E-state index in [9.17, 15) is 9.59 Å².